The number of ether oxygens (including phenoxy) is 1. The first kappa shape index (κ1) is 16.3. The summed E-state index contributed by atoms with van der Waals surface area (Å²) < 4.78 is 5.60. The summed E-state index contributed by atoms with van der Waals surface area (Å²) in [7, 11) is 4.38. The number of nitrogens with two attached hydrogens (primary N) is 1. The Bertz CT molecular complexity index is 438. The van der Waals surface area contributed by atoms with Crippen LogP contribution < -0.4 is 10.5 Å². The van der Waals surface area contributed by atoms with E-state index in [1.165, 1.54) is 25.1 Å². The molecule has 118 valence electrons. The highest BCUT2D eigenvalue weighted by Crippen LogP contribution is 2.25. The van der Waals surface area contributed by atoms with Gasteiger partial charge in [-0.2, -0.15) is 0 Å². The van der Waals surface area contributed by atoms with Gasteiger partial charge in [-0.15, -0.1) is 0 Å². The normalized spacial score (nSPS) is 20.9. The summed E-state index contributed by atoms with van der Waals surface area (Å²) in [6, 6.07) is 8.60. The molecule has 2 N–H and O–H groups in total. The SMILES string of the molecule is CCOc1cccc(C(CN)N(C)CC2CCN(C)C2)c1. The van der Waals surface area contributed by atoms with Gasteiger partial charge in [0.1, 0.15) is 5.75 Å². The van der Waals surface area contributed by atoms with E-state index in [1.807, 2.05) is 13.0 Å². The molecule has 0 amide bonds. The smallest absolute Gasteiger partial charge is 0.119 e. The van der Waals surface area contributed by atoms with Gasteiger partial charge in [-0.25, -0.2) is 0 Å². The van der Waals surface area contributed by atoms with Crippen LogP contribution in [0.2, 0.25) is 0 Å². The van der Waals surface area contributed by atoms with Crippen LogP contribution in [0.25, 0.3) is 0 Å². The number of hydrogen-bond acceptors (Lipinski definition) is 4. The minimum Gasteiger partial charge on any atom is -0.494 e. The Kier molecular flexibility index (Phi) is 6.03. The maximum Gasteiger partial charge on any atom is 0.119 e. The van der Waals surface area contributed by atoms with Crippen molar-refractivity contribution in [1.29, 1.82) is 0 Å². The zero-order valence-electron chi connectivity index (χ0n) is 13.6. The average molecular weight is 291 g/mol. The fourth-order valence-electron chi connectivity index (χ4n) is 3.26. The molecule has 2 atom stereocenters. The number of rotatable bonds is 7. The second kappa shape index (κ2) is 7.78. The number of likely N-dealkylation sites (N-methyl/N-ethyl adjacent to an activating group) is 1. The molecule has 1 aliphatic rings. The number of likely N-dealkylation sites (tertiary alicyclic amines) is 1. The van der Waals surface area contributed by atoms with Crippen LogP contribution in [0.5, 0.6) is 5.75 Å². The second-order valence-electron chi connectivity index (χ2n) is 6.11. The molecule has 0 bridgehead atoms. The highest BCUT2D eigenvalue weighted by Gasteiger charge is 2.24. The molecule has 4 heteroatoms. The highest BCUT2D eigenvalue weighted by atomic mass is 16.5. The van der Waals surface area contributed by atoms with Crippen molar-refractivity contribution in [2.75, 3.05) is 46.9 Å². The van der Waals surface area contributed by atoms with Crippen LogP contribution in [0.15, 0.2) is 24.3 Å². The van der Waals surface area contributed by atoms with Gasteiger partial charge in [-0.05, 0) is 57.6 Å². The Labute approximate surface area is 128 Å². The van der Waals surface area contributed by atoms with Gasteiger partial charge in [0, 0.05) is 25.7 Å². The lowest BCUT2D eigenvalue weighted by Crippen LogP contribution is -2.35. The Morgan fingerprint density at radius 2 is 2.29 bits per heavy atom. The molecule has 2 unspecified atom stereocenters. The maximum atomic E-state index is 6.04. The summed E-state index contributed by atoms with van der Waals surface area (Å²) in [5.74, 6) is 1.69. The van der Waals surface area contributed by atoms with Crippen LogP contribution in [0.3, 0.4) is 0 Å². The molecule has 1 saturated heterocycles. The summed E-state index contributed by atoms with van der Waals surface area (Å²) in [5, 5.41) is 0. The Morgan fingerprint density at radius 3 is 2.90 bits per heavy atom. The van der Waals surface area contributed by atoms with Crippen molar-refractivity contribution in [2.45, 2.75) is 19.4 Å². The average Bonchev–Trinajstić information content (AvgIpc) is 2.86. The summed E-state index contributed by atoms with van der Waals surface area (Å²) in [6.07, 6.45) is 1.29. The van der Waals surface area contributed by atoms with Crippen molar-refractivity contribution < 1.29 is 4.74 Å². The van der Waals surface area contributed by atoms with Crippen molar-refractivity contribution >= 4 is 0 Å². The van der Waals surface area contributed by atoms with Gasteiger partial charge in [0.15, 0.2) is 0 Å². The van der Waals surface area contributed by atoms with Crippen molar-refractivity contribution in [3.8, 4) is 5.75 Å². The van der Waals surface area contributed by atoms with Gasteiger partial charge in [0.25, 0.3) is 0 Å². The van der Waals surface area contributed by atoms with E-state index >= 15 is 0 Å². The van der Waals surface area contributed by atoms with Gasteiger partial charge in [-0.3, -0.25) is 4.90 Å². The van der Waals surface area contributed by atoms with Gasteiger partial charge >= 0.3 is 0 Å². The predicted molar refractivity (Wildman–Crippen MR) is 87.6 cm³/mol. The van der Waals surface area contributed by atoms with Crippen molar-refractivity contribution in [1.82, 2.24) is 9.80 Å². The van der Waals surface area contributed by atoms with Gasteiger partial charge in [0.2, 0.25) is 0 Å². The molecule has 0 aromatic heterocycles. The first-order chi connectivity index (χ1) is 10.1. The molecule has 21 heavy (non-hydrogen) atoms. The van der Waals surface area contributed by atoms with E-state index in [0.29, 0.717) is 13.2 Å². The standard InChI is InChI=1S/C17H29N3O/c1-4-21-16-7-5-6-15(10-16)17(11-18)20(3)13-14-8-9-19(2)12-14/h5-7,10,14,17H,4,8-9,11-13,18H2,1-3H3. The van der Waals surface area contributed by atoms with Crippen molar-refractivity contribution in [3.63, 3.8) is 0 Å². The molecule has 0 saturated carbocycles. The van der Waals surface area contributed by atoms with E-state index in [4.69, 9.17) is 10.5 Å². The quantitative estimate of drug-likeness (QED) is 0.834. The highest BCUT2D eigenvalue weighted by molar-refractivity contribution is 5.30. The molecular formula is C17H29N3O. The zero-order chi connectivity index (χ0) is 15.2. The molecular weight excluding hydrogens is 262 g/mol. The summed E-state index contributed by atoms with van der Waals surface area (Å²) in [6.45, 7) is 6.85. The van der Waals surface area contributed by atoms with E-state index in [9.17, 15) is 0 Å². The molecule has 2 rings (SSSR count). The zero-order valence-corrected chi connectivity index (χ0v) is 13.6. The van der Waals surface area contributed by atoms with Gasteiger partial charge in [0.05, 0.1) is 6.61 Å². The molecule has 1 aromatic rings. The van der Waals surface area contributed by atoms with E-state index in [2.05, 4.69) is 42.1 Å². The number of benzene rings is 1. The molecule has 1 heterocycles. The van der Waals surface area contributed by atoms with Crippen LogP contribution in [-0.4, -0.2) is 56.7 Å². The molecule has 0 spiro atoms. The van der Waals surface area contributed by atoms with E-state index < -0.39 is 0 Å². The second-order valence-corrected chi connectivity index (χ2v) is 6.11. The first-order valence-corrected chi connectivity index (χ1v) is 7.95. The maximum absolute atomic E-state index is 6.04. The molecule has 0 aliphatic carbocycles. The van der Waals surface area contributed by atoms with Crippen LogP contribution in [0, 0.1) is 5.92 Å². The molecule has 1 aromatic carbocycles. The van der Waals surface area contributed by atoms with Crippen molar-refractivity contribution in [3.05, 3.63) is 29.8 Å². The Hall–Kier alpha value is -1.10. The van der Waals surface area contributed by atoms with E-state index in [1.54, 1.807) is 0 Å². The third-order valence-corrected chi connectivity index (χ3v) is 4.34. The fourth-order valence-corrected chi connectivity index (χ4v) is 3.26. The van der Waals surface area contributed by atoms with Gasteiger partial charge < -0.3 is 15.4 Å². The molecule has 4 nitrogen and oxygen atoms in total. The van der Waals surface area contributed by atoms with E-state index in [0.717, 1.165) is 18.2 Å². The summed E-state index contributed by atoms with van der Waals surface area (Å²) in [5.41, 5.74) is 7.29. The first-order valence-electron chi connectivity index (χ1n) is 7.95. The minimum atomic E-state index is 0.260. The third-order valence-electron chi connectivity index (χ3n) is 4.34. The number of hydrogen-bond donors (Lipinski definition) is 1. The Balaban J connectivity index is 2.02. The Morgan fingerprint density at radius 1 is 1.48 bits per heavy atom. The predicted octanol–water partition coefficient (Wildman–Crippen LogP) is 1.97. The van der Waals surface area contributed by atoms with Crippen LogP contribution in [0.1, 0.15) is 24.9 Å². The lowest BCUT2D eigenvalue weighted by Gasteiger charge is -2.30. The fraction of sp³-hybridized carbons (Fsp3) is 0.647. The lowest BCUT2D eigenvalue weighted by atomic mass is 10.0. The van der Waals surface area contributed by atoms with Crippen LogP contribution in [-0.2, 0) is 0 Å². The number of nitrogens with zero attached hydrogens (tertiary/aromatic N) is 2. The van der Waals surface area contributed by atoms with Crippen molar-refractivity contribution in [2.24, 2.45) is 11.7 Å². The third kappa shape index (κ3) is 4.43. The van der Waals surface area contributed by atoms with Crippen LogP contribution >= 0.6 is 0 Å². The topological polar surface area (TPSA) is 41.7 Å². The summed E-state index contributed by atoms with van der Waals surface area (Å²) in [4.78, 5) is 4.81. The lowest BCUT2D eigenvalue weighted by molar-refractivity contribution is 0.211. The molecule has 1 fully saturated rings. The largest absolute Gasteiger partial charge is 0.494 e. The van der Waals surface area contributed by atoms with Gasteiger partial charge in [-0.1, -0.05) is 12.1 Å². The monoisotopic (exact) mass is 291 g/mol. The van der Waals surface area contributed by atoms with E-state index in [-0.39, 0.29) is 6.04 Å². The van der Waals surface area contributed by atoms with Crippen LogP contribution in [0.4, 0.5) is 0 Å². The summed E-state index contributed by atoms with van der Waals surface area (Å²) >= 11 is 0. The molecule has 1 aliphatic heterocycles. The molecule has 0 radical (unpaired) electrons. The minimum absolute atomic E-state index is 0.260.